The summed E-state index contributed by atoms with van der Waals surface area (Å²) in [6.07, 6.45) is 0. The van der Waals surface area contributed by atoms with Gasteiger partial charge in [0.1, 0.15) is 0 Å². The number of para-hydroxylation sites is 5. The van der Waals surface area contributed by atoms with Gasteiger partial charge in [-0.3, -0.25) is 0 Å². The van der Waals surface area contributed by atoms with Crippen LogP contribution >= 0.6 is 0 Å². The second kappa shape index (κ2) is 18.2. The summed E-state index contributed by atoms with van der Waals surface area (Å²) in [6.45, 7) is 7.00. The molecule has 0 amide bonds. The molecule has 0 saturated heterocycles. The molecule has 0 unspecified atom stereocenters. The molecule has 2 aliphatic heterocycles. The lowest BCUT2D eigenvalue weighted by atomic mass is 9.33. The van der Waals surface area contributed by atoms with Gasteiger partial charge in [-0.2, -0.15) is 0 Å². The SMILES string of the molecule is CC(C)(C)c1cc(-c2cc3c4c(c2)N(c2ccccc2)c2cc(N(c5ccccc5)c5ccccc5)ccc2B4c2ccccc2N3c2ccccc2)cc(-c2c3ccccc3c(-c3ccccc3)c3ccccc23)c1. The second-order valence-corrected chi connectivity index (χ2v) is 21.3. The summed E-state index contributed by atoms with van der Waals surface area (Å²) in [6, 6.07) is 101. The molecule has 12 aromatic rings. The number of benzene rings is 12. The Labute approximate surface area is 446 Å². The van der Waals surface area contributed by atoms with Crippen molar-refractivity contribution in [3.63, 3.8) is 0 Å². The normalized spacial score (nSPS) is 12.6. The molecule has 0 N–H and O–H groups in total. The molecule has 0 radical (unpaired) electrons. The van der Waals surface area contributed by atoms with E-state index in [0.717, 1.165) is 39.7 Å². The van der Waals surface area contributed by atoms with Crippen LogP contribution in [0.5, 0.6) is 0 Å². The van der Waals surface area contributed by atoms with Crippen LogP contribution in [0.3, 0.4) is 0 Å². The molecule has 0 saturated carbocycles. The summed E-state index contributed by atoms with van der Waals surface area (Å²) < 4.78 is 0. The van der Waals surface area contributed by atoms with Crippen LogP contribution in [0.15, 0.2) is 273 Å². The van der Waals surface area contributed by atoms with Crippen LogP contribution in [0.4, 0.5) is 51.2 Å². The zero-order chi connectivity index (χ0) is 50.9. The van der Waals surface area contributed by atoms with Crippen molar-refractivity contribution in [2.75, 3.05) is 14.7 Å². The molecule has 14 rings (SSSR count). The van der Waals surface area contributed by atoms with E-state index in [2.05, 4.69) is 308 Å². The standard InChI is InChI=1S/C72H54BN3/c1-72(2,3)53-44-50(43-52(45-53)70-61-37-21-19-35-59(61)69(49-25-9-4-10-26-49)60-36-20-22-38-62(60)70)51-46-67-71-68(47-51)76(57-33-17-8-18-34-57)66-48-58(74(54-27-11-5-12-28-54)55-29-13-6-14-30-55)41-42-64(66)73(71)63-39-23-24-40-65(63)75(67)56-31-15-7-16-32-56/h4-48H,1-3H3. The van der Waals surface area contributed by atoms with Crippen molar-refractivity contribution in [3.8, 4) is 33.4 Å². The highest BCUT2D eigenvalue weighted by Crippen LogP contribution is 2.50. The average Bonchev–Trinajstić information content (AvgIpc) is 3.47. The lowest BCUT2D eigenvalue weighted by Crippen LogP contribution is -2.61. The van der Waals surface area contributed by atoms with Crippen molar-refractivity contribution in [2.45, 2.75) is 26.2 Å². The van der Waals surface area contributed by atoms with Crippen molar-refractivity contribution in [3.05, 3.63) is 279 Å². The van der Waals surface area contributed by atoms with Crippen LogP contribution in [0.1, 0.15) is 26.3 Å². The van der Waals surface area contributed by atoms with Crippen molar-refractivity contribution >= 4 is 95.8 Å². The summed E-state index contributed by atoms with van der Waals surface area (Å²) in [5.41, 5.74) is 22.5. The number of hydrogen-bond acceptors (Lipinski definition) is 3. The van der Waals surface area contributed by atoms with E-state index in [-0.39, 0.29) is 12.1 Å². The van der Waals surface area contributed by atoms with Crippen LogP contribution in [0.25, 0.3) is 54.9 Å². The van der Waals surface area contributed by atoms with E-state index < -0.39 is 0 Å². The molecule has 0 atom stereocenters. The maximum atomic E-state index is 2.54. The fourth-order valence-corrected chi connectivity index (χ4v) is 12.3. The Morgan fingerprint density at radius 3 is 1.28 bits per heavy atom. The predicted molar refractivity (Wildman–Crippen MR) is 325 cm³/mol. The molecule has 0 aromatic heterocycles. The van der Waals surface area contributed by atoms with Crippen molar-refractivity contribution < 1.29 is 0 Å². The van der Waals surface area contributed by atoms with Gasteiger partial charge in [0.15, 0.2) is 0 Å². The summed E-state index contributed by atoms with van der Waals surface area (Å²) in [7, 11) is 0. The molecule has 3 nitrogen and oxygen atoms in total. The maximum absolute atomic E-state index is 2.54. The Hall–Kier alpha value is -9.38. The Morgan fingerprint density at radius 2 is 0.737 bits per heavy atom. The predicted octanol–water partition coefficient (Wildman–Crippen LogP) is 17.8. The smallest absolute Gasteiger partial charge is 0.252 e. The Bertz CT molecular complexity index is 4060. The molecule has 76 heavy (non-hydrogen) atoms. The van der Waals surface area contributed by atoms with Gasteiger partial charge in [0.05, 0.1) is 0 Å². The number of anilines is 9. The molecular formula is C72H54BN3. The van der Waals surface area contributed by atoms with Gasteiger partial charge >= 0.3 is 0 Å². The molecule has 2 aliphatic rings. The van der Waals surface area contributed by atoms with Gasteiger partial charge in [-0.05, 0) is 167 Å². The van der Waals surface area contributed by atoms with Crippen molar-refractivity contribution in [1.82, 2.24) is 0 Å². The zero-order valence-corrected chi connectivity index (χ0v) is 42.9. The first-order valence-electron chi connectivity index (χ1n) is 26.5. The van der Waals surface area contributed by atoms with Crippen molar-refractivity contribution in [2.24, 2.45) is 0 Å². The van der Waals surface area contributed by atoms with Crippen LogP contribution in [-0.4, -0.2) is 6.71 Å². The maximum Gasteiger partial charge on any atom is 0.252 e. The lowest BCUT2D eigenvalue weighted by molar-refractivity contribution is 0.591. The molecule has 0 bridgehead atoms. The molecular weight excluding hydrogens is 918 g/mol. The number of hydrogen-bond donors (Lipinski definition) is 0. The Morgan fingerprint density at radius 1 is 0.316 bits per heavy atom. The summed E-state index contributed by atoms with van der Waals surface area (Å²) >= 11 is 0. The van der Waals surface area contributed by atoms with Gasteiger partial charge in [-0.15, -0.1) is 0 Å². The molecule has 12 aromatic carbocycles. The van der Waals surface area contributed by atoms with Crippen LogP contribution < -0.4 is 31.1 Å². The second-order valence-electron chi connectivity index (χ2n) is 21.3. The largest absolute Gasteiger partial charge is 0.311 e. The Balaban J connectivity index is 1.07. The highest BCUT2D eigenvalue weighted by atomic mass is 15.2. The van der Waals surface area contributed by atoms with Gasteiger partial charge in [-0.1, -0.05) is 209 Å². The molecule has 0 spiro atoms. The molecule has 360 valence electrons. The Kier molecular flexibility index (Phi) is 10.9. The van der Waals surface area contributed by atoms with E-state index in [1.165, 1.54) is 88.4 Å². The van der Waals surface area contributed by atoms with E-state index in [0.29, 0.717) is 0 Å². The first-order valence-corrected chi connectivity index (χ1v) is 26.5. The van der Waals surface area contributed by atoms with E-state index in [4.69, 9.17) is 0 Å². The van der Waals surface area contributed by atoms with E-state index >= 15 is 0 Å². The minimum absolute atomic E-state index is 0.0431. The minimum Gasteiger partial charge on any atom is -0.311 e. The highest BCUT2D eigenvalue weighted by Gasteiger charge is 2.44. The van der Waals surface area contributed by atoms with Gasteiger partial charge in [0, 0.05) is 51.2 Å². The first kappa shape index (κ1) is 45.3. The van der Waals surface area contributed by atoms with Gasteiger partial charge in [-0.25, -0.2) is 0 Å². The highest BCUT2D eigenvalue weighted by molar-refractivity contribution is 7.00. The molecule has 0 fully saturated rings. The van der Waals surface area contributed by atoms with E-state index in [9.17, 15) is 0 Å². The quantitative estimate of drug-likeness (QED) is 0.111. The van der Waals surface area contributed by atoms with E-state index in [1.54, 1.807) is 0 Å². The summed E-state index contributed by atoms with van der Waals surface area (Å²) in [5.74, 6) is 0. The van der Waals surface area contributed by atoms with Gasteiger partial charge in [0.25, 0.3) is 6.71 Å². The number of rotatable bonds is 8. The first-order chi connectivity index (χ1) is 37.4. The van der Waals surface area contributed by atoms with Crippen LogP contribution in [0.2, 0.25) is 0 Å². The summed E-state index contributed by atoms with van der Waals surface area (Å²) in [5, 5.41) is 4.99. The summed E-state index contributed by atoms with van der Waals surface area (Å²) in [4.78, 5) is 7.44. The third-order valence-electron chi connectivity index (χ3n) is 15.7. The number of fused-ring (bicyclic) bond motifs is 6. The number of nitrogens with zero attached hydrogens (tertiary/aromatic N) is 3. The van der Waals surface area contributed by atoms with Crippen LogP contribution in [-0.2, 0) is 5.41 Å². The lowest BCUT2D eigenvalue weighted by Gasteiger charge is -2.44. The monoisotopic (exact) mass is 971 g/mol. The molecule has 0 aliphatic carbocycles. The van der Waals surface area contributed by atoms with Crippen LogP contribution in [0, 0.1) is 0 Å². The van der Waals surface area contributed by atoms with Gasteiger partial charge < -0.3 is 14.7 Å². The van der Waals surface area contributed by atoms with E-state index in [1.807, 2.05) is 0 Å². The van der Waals surface area contributed by atoms with Crippen molar-refractivity contribution in [1.29, 1.82) is 0 Å². The minimum atomic E-state index is -0.155. The zero-order valence-electron chi connectivity index (χ0n) is 42.9. The fourth-order valence-electron chi connectivity index (χ4n) is 12.3. The third kappa shape index (κ3) is 7.51. The third-order valence-corrected chi connectivity index (χ3v) is 15.7. The molecule has 4 heteroatoms. The van der Waals surface area contributed by atoms with Gasteiger partial charge in [0.2, 0.25) is 0 Å². The fraction of sp³-hybridized carbons (Fsp3) is 0.0556. The molecule has 2 heterocycles. The average molecular weight is 972 g/mol. The topological polar surface area (TPSA) is 9.72 Å².